The lowest BCUT2D eigenvalue weighted by Gasteiger charge is -1.98. The van der Waals surface area contributed by atoms with E-state index < -0.39 is 0 Å². The van der Waals surface area contributed by atoms with Gasteiger partial charge in [-0.1, -0.05) is 25.8 Å². The smallest absolute Gasteiger partial charge is 0.337 e. The SMILES string of the molecule is CC.COC(=O)c1cccc(C#CSI)c1. The van der Waals surface area contributed by atoms with E-state index in [1.54, 1.807) is 18.2 Å². The van der Waals surface area contributed by atoms with Crippen LogP contribution in [0.15, 0.2) is 24.3 Å². The van der Waals surface area contributed by atoms with Gasteiger partial charge < -0.3 is 4.74 Å². The van der Waals surface area contributed by atoms with Crippen LogP contribution in [0.5, 0.6) is 0 Å². The lowest BCUT2D eigenvalue weighted by Crippen LogP contribution is -2.00. The first-order valence-electron chi connectivity index (χ1n) is 4.75. The third kappa shape index (κ3) is 5.42. The Labute approximate surface area is 113 Å². The Morgan fingerprint density at radius 1 is 1.44 bits per heavy atom. The fourth-order valence-corrected chi connectivity index (χ4v) is 1.41. The Balaban J connectivity index is 0.00000106. The standard InChI is InChI=1S/C10H7IO2S.C2H6/c1-13-10(12)9-4-2-3-8(7-9)5-6-14-11;1-2/h2-4,7H,1H3;1-2H3. The van der Waals surface area contributed by atoms with Crippen LogP contribution in [0.25, 0.3) is 0 Å². The van der Waals surface area contributed by atoms with Crippen LogP contribution >= 0.6 is 30.1 Å². The summed E-state index contributed by atoms with van der Waals surface area (Å²) in [6, 6.07) is 7.06. The molecule has 0 N–H and O–H groups in total. The zero-order valence-corrected chi connectivity index (χ0v) is 12.4. The van der Waals surface area contributed by atoms with Crippen LogP contribution in [-0.2, 0) is 4.74 Å². The first-order valence-corrected chi connectivity index (χ1v) is 8.11. The average Bonchev–Trinajstić information content (AvgIpc) is 2.38. The molecule has 4 heteroatoms. The minimum atomic E-state index is -0.337. The number of methoxy groups -OCH3 is 1. The molecule has 2 nitrogen and oxygen atoms in total. The molecule has 0 radical (unpaired) electrons. The Morgan fingerprint density at radius 3 is 2.69 bits per heavy atom. The summed E-state index contributed by atoms with van der Waals surface area (Å²) in [5.74, 6) is 2.57. The second-order valence-electron chi connectivity index (χ2n) is 2.38. The van der Waals surface area contributed by atoms with Gasteiger partial charge in [0.05, 0.1) is 12.7 Å². The number of halogens is 1. The van der Waals surface area contributed by atoms with Crippen molar-refractivity contribution in [3.8, 4) is 11.2 Å². The zero-order valence-electron chi connectivity index (χ0n) is 9.41. The molecule has 0 aromatic heterocycles. The third-order valence-electron chi connectivity index (χ3n) is 1.52. The van der Waals surface area contributed by atoms with Gasteiger partial charge in [0.2, 0.25) is 0 Å². The van der Waals surface area contributed by atoms with Crippen molar-refractivity contribution in [1.29, 1.82) is 0 Å². The van der Waals surface area contributed by atoms with Gasteiger partial charge in [-0.25, -0.2) is 4.79 Å². The Kier molecular flexibility index (Phi) is 9.15. The van der Waals surface area contributed by atoms with E-state index in [-0.39, 0.29) is 5.97 Å². The molecule has 0 heterocycles. The van der Waals surface area contributed by atoms with Crippen LogP contribution < -0.4 is 0 Å². The number of benzene rings is 1. The molecule has 16 heavy (non-hydrogen) atoms. The highest BCUT2D eigenvalue weighted by atomic mass is 127. The van der Waals surface area contributed by atoms with Gasteiger partial charge in [0.1, 0.15) is 0 Å². The molecule has 0 saturated heterocycles. The summed E-state index contributed by atoms with van der Waals surface area (Å²) in [5.41, 5.74) is 1.34. The van der Waals surface area contributed by atoms with Gasteiger partial charge in [-0.05, 0) is 32.4 Å². The second kappa shape index (κ2) is 9.55. The van der Waals surface area contributed by atoms with Crippen molar-refractivity contribution >= 4 is 36.1 Å². The van der Waals surface area contributed by atoms with Gasteiger partial charge in [-0.3, -0.25) is 0 Å². The van der Waals surface area contributed by atoms with E-state index in [2.05, 4.69) is 37.1 Å². The van der Waals surface area contributed by atoms with Crippen LogP contribution in [-0.4, -0.2) is 13.1 Å². The average molecular weight is 348 g/mol. The lowest BCUT2D eigenvalue weighted by atomic mass is 10.1. The zero-order chi connectivity index (χ0) is 12.4. The van der Waals surface area contributed by atoms with Crippen molar-refractivity contribution in [3.05, 3.63) is 35.4 Å². The second-order valence-corrected chi connectivity index (χ2v) is 4.06. The van der Waals surface area contributed by atoms with Crippen molar-refractivity contribution < 1.29 is 9.53 Å². The molecule has 1 aromatic carbocycles. The summed E-state index contributed by atoms with van der Waals surface area (Å²) < 4.78 is 4.60. The van der Waals surface area contributed by atoms with Crippen molar-refractivity contribution in [2.75, 3.05) is 7.11 Å². The van der Waals surface area contributed by atoms with E-state index in [0.29, 0.717) is 5.56 Å². The highest BCUT2D eigenvalue weighted by molar-refractivity contribution is 14.2. The molecular weight excluding hydrogens is 335 g/mol. The van der Waals surface area contributed by atoms with Crippen LogP contribution in [0.4, 0.5) is 0 Å². The number of ether oxygens (including phenoxy) is 1. The Morgan fingerprint density at radius 2 is 2.12 bits per heavy atom. The van der Waals surface area contributed by atoms with Crippen molar-refractivity contribution in [3.63, 3.8) is 0 Å². The summed E-state index contributed by atoms with van der Waals surface area (Å²) in [6.45, 7) is 4.00. The van der Waals surface area contributed by atoms with Crippen LogP contribution in [0.1, 0.15) is 29.8 Å². The van der Waals surface area contributed by atoms with Gasteiger partial charge in [0, 0.05) is 26.8 Å². The van der Waals surface area contributed by atoms with Crippen molar-refractivity contribution in [1.82, 2.24) is 0 Å². The maximum Gasteiger partial charge on any atom is 0.337 e. The van der Waals surface area contributed by atoms with E-state index in [0.717, 1.165) is 5.56 Å². The maximum absolute atomic E-state index is 11.2. The Bertz CT molecular complexity index is 393. The maximum atomic E-state index is 11.2. The molecule has 1 rings (SSSR count). The molecule has 0 aliphatic heterocycles. The number of carbonyl (C=O) groups is 1. The Hall–Kier alpha value is -0.670. The van der Waals surface area contributed by atoms with E-state index >= 15 is 0 Å². The van der Waals surface area contributed by atoms with Gasteiger partial charge in [-0.2, -0.15) is 0 Å². The fraction of sp³-hybridized carbons (Fsp3) is 0.250. The van der Waals surface area contributed by atoms with E-state index in [9.17, 15) is 4.79 Å². The molecule has 0 spiro atoms. The fourth-order valence-electron chi connectivity index (χ4n) is 0.920. The number of carbonyl (C=O) groups excluding carboxylic acids is 1. The summed E-state index contributed by atoms with van der Waals surface area (Å²) >= 11 is 2.10. The molecule has 86 valence electrons. The molecule has 0 aliphatic carbocycles. The van der Waals surface area contributed by atoms with Crippen LogP contribution in [0, 0.1) is 11.2 Å². The lowest BCUT2D eigenvalue weighted by molar-refractivity contribution is 0.0600. The van der Waals surface area contributed by atoms with Crippen molar-refractivity contribution in [2.24, 2.45) is 0 Å². The predicted molar refractivity (Wildman–Crippen MR) is 77.6 cm³/mol. The minimum Gasteiger partial charge on any atom is -0.465 e. The molecule has 0 aliphatic rings. The van der Waals surface area contributed by atoms with E-state index in [1.807, 2.05) is 19.9 Å². The molecule has 0 unspecified atom stereocenters. The predicted octanol–water partition coefficient (Wildman–Crippen LogP) is 3.89. The summed E-state index contributed by atoms with van der Waals surface area (Å²) in [6.07, 6.45) is 0. The summed E-state index contributed by atoms with van der Waals surface area (Å²) in [7, 11) is 2.77. The van der Waals surface area contributed by atoms with Gasteiger partial charge in [0.25, 0.3) is 0 Å². The summed E-state index contributed by atoms with van der Waals surface area (Å²) in [5, 5.41) is 2.85. The molecule has 1 aromatic rings. The molecule has 0 fully saturated rings. The van der Waals surface area contributed by atoms with Gasteiger partial charge >= 0.3 is 5.97 Å². The third-order valence-corrected chi connectivity index (χ3v) is 2.36. The van der Waals surface area contributed by atoms with Gasteiger partial charge in [0.15, 0.2) is 0 Å². The molecule has 0 atom stereocenters. The van der Waals surface area contributed by atoms with Crippen LogP contribution in [0.2, 0.25) is 0 Å². The molecule has 0 amide bonds. The monoisotopic (exact) mass is 348 g/mol. The van der Waals surface area contributed by atoms with Gasteiger partial charge in [-0.15, -0.1) is 0 Å². The van der Waals surface area contributed by atoms with E-state index in [4.69, 9.17) is 0 Å². The quantitative estimate of drug-likeness (QED) is 0.438. The van der Waals surface area contributed by atoms with Crippen molar-refractivity contribution in [2.45, 2.75) is 13.8 Å². The first kappa shape index (κ1) is 15.3. The summed E-state index contributed by atoms with van der Waals surface area (Å²) in [4.78, 5) is 11.2. The highest BCUT2D eigenvalue weighted by Gasteiger charge is 2.03. The number of hydrogen-bond donors (Lipinski definition) is 0. The topological polar surface area (TPSA) is 26.3 Å². The molecule has 0 saturated carbocycles. The first-order chi connectivity index (χ1) is 7.77. The molecular formula is C12H13IO2S. The number of rotatable bonds is 1. The largest absolute Gasteiger partial charge is 0.465 e. The minimum absolute atomic E-state index is 0.337. The highest BCUT2D eigenvalue weighted by Crippen LogP contribution is 2.09. The van der Waals surface area contributed by atoms with Crippen LogP contribution in [0.3, 0.4) is 0 Å². The van der Waals surface area contributed by atoms with E-state index in [1.165, 1.54) is 16.0 Å². The number of esters is 1. The normalized spacial score (nSPS) is 8.00. The number of hydrogen-bond acceptors (Lipinski definition) is 3. The molecule has 0 bridgehead atoms.